The number of rotatable bonds is 5. The summed E-state index contributed by atoms with van der Waals surface area (Å²) in [7, 11) is 0. The van der Waals surface area contributed by atoms with E-state index in [1.807, 2.05) is 32.0 Å². The lowest BCUT2D eigenvalue weighted by atomic mass is 10.1. The number of amides is 4. The predicted molar refractivity (Wildman–Crippen MR) is 127 cm³/mol. The highest BCUT2D eigenvalue weighted by Crippen LogP contribution is 2.25. The summed E-state index contributed by atoms with van der Waals surface area (Å²) in [5.41, 5.74) is 3.97. The Labute approximate surface area is 196 Å². The minimum Gasteiger partial charge on any atom is -0.489 e. The quantitative estimate of drug-likeness (QED) is 0.457. The Bertz CT molecular complexity index is 1350. The summed E-state index contributed by atoms with van der Waals surface area (Å²) in [6, 6.07) is 20.7. The second-order valence-electron chi connectivity index (χ2n) is 7.93. The van der Waals surface area contributed by atoms with Crippen molar-refractivity contribution in [2.24, 2.45) is 0 Å². The normalized spacial score (nSPS) is 14.7. The molecular weight excluding hydrogens is 430 g/mol. The summed E-state index contributed by atoms with van der Waals surface area (Å²) in [6.07, 6.45) is 1.44. The van der Waals surface area contributed by atoms with Crippen molar-refractivity contribution in [1.29, 1.82) is 5.26 Å². The molecule has 0 aliphatic carbocycles. The van der Waals surface area contributed by atoms with Crippen LogP contribution in [0.5, 0.6) is 5.75 Å². The summed E-state index contributed by atoms with van der Waals surface area (Å²) in [5, 5.41) is 11.4. The molecular formula is C27H21N3O4. The van der Waals surface area contributed by atoms with E-state index in [0.717, 1.165) is 21.6 Å². The van der Waals surface area contributed by atoms with E-state index in [0.29, 0.717) is 22.6 Å². The van der Waals surface area contributed by atoms with Gasteiger partial charge >= 0.3 is 6.03 Å². The van der Waals surface area contributed by atoms with Crippen molar-refractivity contribution < 1.29 is 19.1 Å². The molecule has 0 spiro atoms. The molecule has 0 unspecified atom stereocenters. The number of urea groups is 1. The summed E-state index contributed by atoms with van der Waals surface area (Å²) in [5.74, 6) is -0.863. The van der Waals surface area contributed by atoms with Gasteiger partial charge in [0, 0.05) is 5.56 Å². The van der Waals surface area contributed by atoms with E-state index in [-0.39, 0.29) is 12.2 Å². The maximum atomic E-state index is 13.1. The Kier molecular flexibility index (Phi) is 6.24. The average molecular weight is 451 g/mol. The second-order valence-corrected chi connectivity index (χ2v) is 7.93. The number of carbonyl (C=O) groups excluding carboxylic acids is 3. The second kappa shape index (κ2) is 9.43. The van der Waals surface area contributed by atoms with Crippen molar-refractivity contribution in [1.82, 2.24) is 5.32 Å². The number of carbonyl (C=O) groups is 3. The molecule has 1 aliphatic rings. The number of ether oxygens (including phenoxy) is 1. The maximum Gasteiger partial charge on any atom is 0.335 e. The van der Waals surface area contributed by atoms with Crippen LogP contribution in [0.4, 0.5) is 10.5 Å². The number of anilines is 1. The van der Waals surface area contributed by atoms with Gasteiger partial charge in [-0.1, -0.05) is 36.4 Å². The first-order valence-electron chi connectivity index (χ1n) is 10.6. The first kappa shape index (κ1) is 22.5. The van der Waals surface area contributed by atoms with Gasteiger partial charge in [0.2, 0.25) is 0 Å². The van der Waals surface area contributed by atoms with Gasteiger partial charge in [0.25, 0.3) is 11.8 Å². The third-order valence-electron chi connectivity index (χ3n) is 5.29. The van der Waals surface area contributed by atoms with Crippen LogP contribution in [0.2, 0.25) is 0 Å². The number of nitrogens with one attached hydrogen (secondary N) is 1. The maximum absolute atomic E-state index is 13.1. The van der Waals surface area contributed by atoms with Crippen molar-refractivity contribution >= 4 is 29.6 Å². The SMILES string of the molecule is Cc1cc(C)cc(N2C(=O)NC(=O)C(=Cc3ccc(OCc4ccccc4C#N)cc3)C2=O)c1. The van der Waals surface area contributed by atoms with Crippen LogP contribution in [-0.2, 0) is 16.2 Å². The van der Waals surface area contributed by atoms with Crippen LogP contribution in [0.3, 0.4) is 0 Å². The topological polar surface area (TPSA) is 99.5 Å². The van der Waals surface area contributed by atoms with Gasteiger partial charge in [0.05, 0.1) is 17.3 Å². The molecule has 34 heavy (non-hydrogen) atoms. The van der Waals surface area contributed by atoms with E-state index in [2.05, 4.69) is 11.4 Å². The van der Waals surface area contributed by atoms with Gasteiger partial charge in [0.1, 0.15) is 17.9 Å². The van der Waals surface area contributed by atoms with Crippen LogP contribution >= 0.6 is 0 Å². The zero-order chi connectivity index (χ0) is 24.2. The Morgan fingerprint density at radius 2 is 1.65 bits per heavy atom. The smallest absolute Gasteiger partial charge is 0.335 e. The van der Waals surface area contributed by atoms with Gasteiger partial charge in [-0.15, -0.1) is 0 Å². The van der Waals surface area contributed by atoms with Crippen LogP contribution in [0, 0.1) is 25.2 Å². The zero-order valence-electron chi connectivity index (χ0n) is 18.7. The van der Waals surface area contributed by atoms with Gasteiger partial charge in [-0.2, -0.15) is 5.26 Å². The Morgan fingerprint density at radius 3 is 2.32 bits per heavy atom. The number of nitriles is 1. The molecule has 3 aromatic rings. The molecule has 1 saturated heterocycles. The van der Waals surface area contributed by atoms with Gasteiger partial charge in [0.15, 0.2) is 0 Å². The number of hydrogen-bond acceptors (Lipinski definition) is 5. The highest BCUT2D eigenvalue weighted by molar-refractivity contribution is 6.39. The molecule has 0 atom stereocenters. The fraction of sp³-hybridized carbons (Fsp3) is 0.111. The van der Waals surface area contributed by atoms with Crippen LogP contribution in [0.1, 0.15) is 27.8 Å². The standard InChI is InChI=1S/C27H21N3O4/c1-17-11-18(2)13-22(12-17)30-26(32)24(25(31)29-27(30)33)14-19-7-9-23(10-8-19)34-16-21-6-4-3-5-20(21)15-28/h3-14H,16H2,1-2H3,(H,29,31,33). The number of benzene rings is 3. The monoisotopic (exact) mass is 451 g/mol. The number of hydrogen-bond donors (Lipinski definition) is 1. The molecule has 3 aromatic carbocycles. The average Bonchev–Trinajstić information content (AvgIpc) is 2.80. The largest absolute Gasteiger partial charge is 0.489 e. The van der Waals surface area contributed by atoms with Crippen LogP contribution in [-0.4, -0.2) is 17.8 Å². The Balaban J connectivity index is 1.54. The van der Waals surface area contributed by atoms with Gasteiger partial charge in [-0.3, -0.25) is 14.9 Å². The van der Waals surface area contributed by atoms with E-state index >= 15 is 0 Å². The molecule has 0 aromatic heterocycles. The van der Waals surface area contributed by atoms with E-state index in [4.69, 9.17) is 4.74 Å². The lowest BCUT2D eigenvalue weighted by Crippen LogP contribution is -2.54. The van der Waals surface area contributed by atoms with Crippen molar-refractivity contribution in [2.75, 3.05) is 4.90 Å². The third kappa shape index (κ3) is 4.71. The molecule has 0 saturated carbocycles. The molecule has 1 N–H and O–H groups in total. The molecule has 168 valence electrons. The number of nitrogens with zero attached hydrogens (tertiary/aromatic N) is 2. The lowest BCUT2D eigenvalue weighted by Gasteiger charge is -2.27. The van der Waals surface area contributed by atoms with Crippen molar-refractivity contribution in [2.45, 2.75) is 20.5 Å². The Hall–Kier alpha value is -4.70. The molecule has 1 heterocycles. The Morgan fingerprint density at radius 1 is 0.971 bits per heavy atom. The highest BCUT2D eigenvalue weighted by atomic mass is 16.5. The van der Waals surface area contributed by atoms with Gasteiger partial charge < -0.3 is 4.74 Å². The highest BCUT2D eigenvalue weighted by Gasteiger charge is 2.36. The minimum atomic E-state index is -0.779. The molecule has 4 amide bonds. The van der Waals surface area contributed by atoms with E-state index in [9.17, 15) is 19.6 Å². The summed E-state index contributed by atoms with van der Waals surface area (Å²) >= 11 is 0. The fourth-order valence-corrected chi connectivity index (χ4v) is 3.71. The number of barbiturate groups is 1. The van der Waals surface area contributed by atoms with Crippen molar-refractivity contribution in [3.63, 3.8) is 0 Å². The molecule has 1 aliphatic heterocycles. The van der Waals surface area contributed by atoms with Crippen LogP contribution < -0.4 is 15.0 Å². The van der Waals surface area contributed by atoms with Gasteiger partial charge in [-0.05, 0) is 66.9 Å². The van der Waals surface area contributed by atoms with Crippen molar-refractivity contribution in [3.8, 4) is 11.8 Å². The molecule has 0 bridgehead atoms. The molecule has 0 radical (unpaired) electrons. The van der Waals surface area contributed by atoms with Crippen LogP contribution in [0.15, 0.2) is 72.3 Å². The number of imide groups is 2. The zero-order valence-corrected chi connectivity index (χ0v) is 18.7. The lowest BCUT2D eigenvalue weighted by molar-refractivity contribution is -0.122. The molecule has 1 fully saturated rings. The van der Waals surface area contributed by atoms with E-state index in [1.54, 1.807) is 48.5 Å². The molecule has 4 rings (SSSR count). The van der Waals surface area contributed by atoms with Gasteiger partial charge in [-0.25, -0.2) is 9.69 Å². The summed E-state index contributed by atoms with van der Waals surface area (Å²) in [4.78, 5) is 38.9. The molecule has 7 nitrogen and oxygen atoms in total. The van der Waals surface area contributed by atoms with Crippen LogP contribution in [0.25, 0.3) is 6.08 Å². The number of aryl methyl sites for hydroxylation is 2. The van der Waals surface area contributed by atoms with E-state index in [1.165, 1.54) is 6.08 Å². The summed E-state index contributed by atoms with van der Waals surface area (Å²) in [6.45, 7) is 3.97. The first-order valence-corrected chi connectivity index (χ1v) is 10.6. The summed E-state index contributed by atoms with van der Waals surface area (Å²) < 4.78 is 5.76. The minimum absolute atomic E-state index is 0.143. The van der Waals surface area contributed by atoms with Crippen molar-refractivity contribution in [3.05, 3.63) is 100 Å². The first-order chi connectivity index (χ1) is 16.4. The van der Waals surface area contributed by atoms with E-state index < -0.39 is 17.8 Å². The third-order valence-corrected chi connectivity index (χ3v) is 5.29. The fourth-order valence-electron chi connectivity index (χ4n) is 3.71. The predicted octanol–water partition coefficient (Wildman–Crippen LogP) is 4.42. The molecule has 7 heteroatoms.